The topological polar surface area (TPSA) is 80.0 Å². The van der Waals surface area contributed by atoms with Gasteiger partial charge in [0.1, 0.15) is 5.75 Å². The fourth-order valence-corrected chi connectivity index (χ4v) is 1.51. The molecule has 0 atom stereocenters. The van der Waals surface area contributed by atoms with Crippen LogP contribution in [0.4, 0.5) is 5.69 Å². The van der Waals surface area contributed by atoms with E-state index in [4.69, 9.17) is 19.9 Å². The zero-order chi connectivity index (χ0) is 14.8. The van der Waals surface area contributed by atoms with Gasteiger partial charge in [0.05, 0.1) is 38.2 Å². The first-order valence-electron chi connectivity index (χ1n) is 6.36. The molecule has 1 rings (SSSR count). The molecule has 0 spiro atoms. The van der Waals surface area contributed by atoms with Crippen LogP contribution in [0.2, 0.25) is 0 Å². The van der Waals surface area contributed by atoms with Crippen molar-refractivity contribution >= 4 is 11.7 Å². The minimum Gasteiger partial charge on any atom is -0.491 e. The quantitative estimate of drug-likeness (QED) is 0.420. The van der Waals surface area contributed by atoms with E-state index >= 15 is 0 Å². The number of esters is 1. The van der Waals surface area contributed by atoms with Crippen molar-refractivity contribution in [2.24, 2.45) is 0 Å². The number of benzene rings is 1. The van der Waals surface area contributed by atoms with Crippen molar-refractivity contribution in [2.75, 3.05) is 46.4 Å². The number of carbonyl (C=O) groups excluding carboxylic acids is 1. The van der Waals surface area contributed by atoms with Crippen LogP contribution in [0.25, 0.3) is 0 Å². The molecule has 0 fully saturated rings. The lowest BCUT2D eigenvalue weighted by atomic mass is 10.2. The van der Waals surface area contributed by atoms with Crippen molar-refractivity contribution in [1.29, 1.82) is 0 Å². The molecular weight excluding hydrogens is 262 g/mol. The zero-order valence-corrected chi connectivity index (χ0v) is 11.9. The molecule has 0 heterocycles. The van der Waals surface area contributed by atoms with Crippen molar-refractivity contribution < 1.29 is 23.7 Å². The Morgan fingerprint density at radius 3 is 2.60 bits per heavy atom. The summed E-state index contributed by atoms with van der Waals surface area (Å²) in [7, 11) is 2.96. The van der Waals surface area contributed by atoms with Gasteiger partial charge in [-0.3, -0.25) is 0 Å². The first-order chi connectivity index (χ1) is 9.69. The van der Waals surface area contributed by atoms with Gasteiger partial charge in [0, 0.05) is 20.1 Å². The SMILES string of the molecule is COCCOCCCOc1ccc(C(=O)OC)cc1N. The lowest BCUT2D eigenvalue weighted by Crippen LogP contribution is -2.08. The summed E-state index contributed by atoms with van der Waals surface area (Å²) in [5.41, 5.74) is 6.63. The Hall–Kier alpha value is -1.79. The van der Waals surface area contributed by atoms with E-state index in [9.17, 15) is 4.79 Å². The molecule has 0 aliphatic heterocycles. The first-order valence-corrected chi connectivity index (χ1v) is 6.36. The average Bonchev–Trinajstić information content (AvgIpc) is 2.46. The Balaban J connectivity index is 2.32. The van der Waals surface area contributed by atoms with Gasteiger partial charge in [-0.25, -0.2) is 4.79 Å². The van der Waals surface area contributed by atoms with Crippen molar-refractivity contribution in [2.45, 2.75) is 6.42 Å². The van der Waals surface area contributed by atoms with E-state index in [1.165, 1.54) is 13.2 Å². The standard InChI is InChI=1S/C14H21NO5/c1-17-8-9-19-6-3-7-20-13-5-4-11(10-12(13)15)14(16)18-2/h4-5,10H,3,6-9,15H2,1-2H3. The van der Waals surface area contributed by atoms with Gasteiger partial charge >= 0.3 is 5.97 Å². The van der Waals surface area contributed by atoms with Crippen LogP contribution in [-0.4, -0.2) is 46.6 Å². The van der Waals surface area contributed by atoms with Gasteiger partial charge in [-0.15, -0.1) is 0 Å². The molecule has 2 N–H and O–H groups in total. The molecule has 6 heteroatoms. The van der Waals surface area contributed by atoms with Gasteiger partial charge in [0.25, 0.3) is 0 Å². The third kappa shape index (κ3) is 5.46. The molecule has 20 heavy (non-hydrogen) atoms. The van der Waals surface area contributed by atoms with Gasteiger partial charge in [0.2, 0.25) is 0 Å². The minimum atomic E-state index is -0.421. The monoisotopic (exact) mass is 283 g/mol. The number of methoxy groups -OCH3 is 2. The van der Waals surface area contributed by atoms with Crippen molar-refractivity contribution in [3.8, 4) is 5.75 Å². The normalized spacial score (nSPS) is 10.3. The number of hydrogen-bond donors (Lipinski definition) is 1. The van der Waals surface area contributed by atoms with Crippen LogP contribution in [0.1, 0.15) is 16.8 Å². The predicted octanol–water partition coefficient (Wildman–Crippen LogP) is 1.49. The zero-order valence-electron chi connectivity index (χ0n) is 11.9. The molecular formula is C14H21NO5. The fourth-order valence-electron chi connectivity index (χ4n) is 1.51. The van der Waals surface area contributed by atoms with E-state index in [-0.39, 0.29) is 0 Å². The van der Waals surface area contributed by atoms with E-state index in [1.807, 2.05) is 0 Å². The van der Waals surface area contributed by atoms with Crippen LogP contribution in [0, 0.1) is 0 Å². The highest BCUT2D eigenvalue weighted by Crippen LogP contribution is 2.23. The van der Waals surface area contributed by atoms with Crippen LogP contribution in [0.5, 0.6) is 5.75 Å². The number of nitrogen functional groups attached to an aromatic ring is 1. The maximum absolute atomic E-state index is 11.3. The Kier molecular flexibility index (Phi) is 7.46. The molecule has 112 valence electrons. The molecule has 0 saturated heterocycles. The lowest BCUT2D eigenvalue weighted by Gasteiger charge is -2.10. The molecule has 0 amide bonds. The van der Waals surface area contributed by atoms with E-state index < -0.39 is 5.97 Å². The fraction of sp³-hybridized carbons (Fsp3) is 0.500. The van der Waals surface area contributed by atoms with E-state index in [0.29, 0.717) is 43.4 Å². The molecule has 0 bridgehead atoms. The van der Waals surface area contributed by atoms with Crippen molar-refractivity contribution in [3.63, 3.8) is 0 Å². The summed E-state index contributed by atoms with van der Waals surface area (Å²) in [5.74, 6) is 0.129. The summed E-state index contributed by atoms with van der Waals surface area (Å²) in [4.78, 5) is 11.3. The molecule has 0 saturated carbocycles. The summed E-state index contributed by atoms with van der Waals surface area (Å²) in [6.07, 6.45) is 0.752. The Morgan fingerprint density at radius 1 is 1.15 bits per heavy atom. The van der Waals surface area contributed by atoms with Crippen molar-refractivity contribution in [1.82, 2.24) is 0 Å². The molecule has 0 aliphatic carbocycles. The predicted molar refractivity (Wildman–Crippen MR) is 75.0 cm³/mol. The summed E-state index contributed by atoms with van der Waals surface area (Å²) < 4.78 is 20.3. The number of carbonyl (C=O) groups is 1. The van der Waals surface area contributed by atoms with Gasteiger partial charge in [-0.1, -0.05) is 0 Å². The molecule has 0 unspecified atom stereocenters. The molecule has 6 nitrogen and oxygen atoms in total. The molecule has 1 aromatic rings. The Labute approximate surface area is 118 Å². The molecule has 0 aliphatic rings. The lowest BCUT2D eigenvalue weighted by molar-refractivity contribution is 0.0600. The highest BCUT2D eigenvalue weighted by Gasteiger charge is 2.08. The summed E-state index contributed by atoms with van der Waals surface area (Å²) >= 11 is 0. The number of nitrogens with two attached hydrogens (primary N) is 1. The number of rotatable bonds is 9. The van der Waals surface area contributed by atoms with E-state index in [1.54, 1.807) is 19.2 Å². The third-order valence-corrected chi connectivity index (χ3v) is 2.55. The van der Waals surface area contributed by atoms with Gasteiger partial charge < -0.3 is 24.7 Å². The van der Waals surface area contributed by atoms with E-state index in [0.717, 1.165) is 6.42 Å². The summed E-state index contributed by atoms with van der Waals surface area (Å²) in [5, 5.41) is 0. The number of ether oxygens (including phenoxy) is 4. The van der Waals surface area contributed by atoms with Gasteiger partial charge in [0.15, 0.2) is 0 Å². The second-order valence-corrected chi connectivity index (χ2v) is 4.05. The summed E-state index contributed by atoms with van der Waals surface area (Å²) in [6, 6.07) is 4.82. The Bertz CT molecular complexity index is 422. The van der Waals surface area contributed by atoms with E-state index in [2.05, 4.69) is 4.74 Å². The van der Waals surface area contributed by atoms with Crippen LogP contribution in [0.3, 0.4) is 0 Å². The largest absolute Gasteiger partial charge is 0.491 e. The molecule has 0 aromatic heterocycles. The molecule has 0 radical (unpaired) electrons. The van der Waals surface area contributed by atoms with Gasteiger partial charge in [-0.05, 0) is 18.2 Å². The number of anilines is 1. The maximum atomic E-state index is 11.3. The highest BCUT2D eigenvalue weighted by atomic mass is 16.5. The van der Waals surface area contributed by atoms with Crippen LogP contribution in [0.15, 0.2) is 18.2 Å². The van der Waals surface area contributed by atoms with Gasteiger partial charge in [-0.2, -0.15) is 0 Å². The van der Waals surface area contributed by atoms with Crippen molar-refractivity contribution in [3.05, 3.63) is 23.8 Å². The van der Waals surface area contributed by atoms with Crippen LogP contribution >= 0.6 is 0 Å². The minimum absolute atomic E-state index is 0.403. The second kappa shape index (κ2) is 9.17. The van der Waals surface area contributed by atoms with Crippen LogP contribution < -0.4 is 10.5 Å². The smallest absolute Gasteiger partial charge is 0.337 e. The highest BCUT2D eigenvalue weighted by molar-refractivity contribution is 5.90. The number of hydrogen-bond acceptors (Lipinski definition) is 6. The average molecular weight is 283 g/mol. The maximum Gasteiger partial charge on any atom is 0.337 e. The Morgan fingerprint density at radius 2 is 1.95 bits per heavy atom. The first kappa shape index (κ1) is 16.3. The second-order valence-electron chi connectivity index (χ2n) is 4.05. The van der Waals surface area contributed by atoms with Crippen LogP contribution in [-0.2, 0) is 14.2 Å². The summed E-state index contributed by atoms with van der Waals surface area (Å²) in [6.45, 7) is 2.26. The third-order valence-electron chi connectivity index (χ3n) is 2.55. The molecule has 1 aromatic carbocycles.